The van der Waals surface area contributed by atoms with Crippen LogP contribution in [-0.4, -0.2) is 16.6 Å². The summed E-state index contributed by atoms with van der Waals surface area (Å²) in [6, 6.07) is 8.15. The lowest BCUT2D eigenvalue weighted by Crippen LogP contribution is -2.01. The lowest BCUT2D eigenvalue weighted by molar-refractivity contribution is 0.294. The number of aromatic nitrogens is 2. The van der Waals surface area contributed by atoms with Gasteiger partial charge in [-0.1, -0.05) is 65.7 Å². The second kappa shape index (κ2) is 14.1. The zero-order chi connectivity index (χ0) is 20.7. The fraction of sp³-hybridized carbons (Fsp3) is 0.615. The van der Waals surface area contributed by atoms with Crippen molar-refractivity contribution in [3.05, 3.63) is 42.2 Å². The van der Waals surface area contributed by atoms with Gasteiger partial charge in [-0.05, 0) is 61.4 Å². The van der Waals surface area contributed by atoms with Gasteiger partial charge in [0.2, 0.25) is 0 Å². The van der Waals surface area contributed by atoms with Crippen LogP contribution >= 0.6 is 0 Å². The van der Waals surface area contributed by atoms with Gasteiger partial charge in [0.1, 0.15) is 5.75 Å². The Kier molecular flexibility index (Phi) is 11.4. The van der Waals surface area contributed by atoms with E-state index >= 15 is 0 Å². The van der Waals surface area contributed by atoms with Gasteiger partial charge in [0.05, 0.1) is 6.61 Å². The van der Waals surface area contributed by atoms with Crippen molar-refractivity contribution in [1.82, 2.24) is 9.97 Å². The lowest BCUT2D eigenvalue weighted by Gasteiger charge is -2.10. The molecule has 3 heteroatoms. The molecule has 0 N–H and O–H groups in total. The largest absolute Gasteiger partial charge is 0.494 e. The Hall–Kier alpha value is -1.90. The Morgan fingerprint density at radius 3 is 2.14 bits per heavy atom. The van der Waals surface area contributed by atoms with E-state index in [0.717, 1.165) is 42.5 Å². The standard InChI is InChI=1S/C26H40N2O/c1-4-6-7-8-9-10-11-14-23-20-27-26(28-21-23)24-15-17-25(18-16-24)29-19-12-13-22(3)5-2/h15-18,20-22H,4-14,19H2,1-3H3/t22-/m0/s1. The molecule has 0 aliphatic heterocycles. The highest BCUT2D eigenvalue weighted by Crippen LogP contribution is 2.20. The number of nitrogens with zero attached hydrogens (tertiary/aromatic N) is 2. The maximum absolute atomic E-state index is 5.86. The van der Waals surface area contributed by atoms with Crippen LogP contribution in [0.25, 0.3) is 11.4 Å². The number of hydrogen-bond donors (Lipinski definition) is 0. The fourth-order valence-corrected chi connectivity index (χ4v) is 3.45. The molecule has 1 aromatic carbocycles. The number of ether oxygens (including phenoxy) is 1. The molecule has 2 aromatic rings. The van der Waals surface area contributed by atoms with Crippen LogP contribution in [0.1, 0.15) is 90.5 Å². The van der Waals surface area contributed by atoms with Crippen LogP contribution < -0.4 is 4.74 Å². The summed E-state index contributed by atoms with van der Waals surface area (Å²) in [6.45, 7) is 7.60. The minimum Gasteiger partial charge on any atom is -0.494 e. The van der Waals surface area contributed by atoms with Gasteiger partial charge in [-0.3, -0.25) is 0 Å². The number of unbranched alkanes of at least 4 members (excludes halogenated alkanes) is 6. The molecule has 0 bridgehead atoms. The van der Waals surface area contributed by atoms with Crippen molar-refractivity contribution in [1.29, 1.82) is 0 Å². The minimum atomic E-state index is 0.784. The lowest BCUT2D eigenvalue weighted by atomic mass is 10.0. The predicted octanol–water partition coefficient (Wildman–Crippen LogP) is 7.64. The third-order valence-corrected chi connectivity index (χ3v) is 5.69. The molecular formula is C26H40N2O. The van der Waals surface area contributed by atoms with Gasteiger partial charge in [0.15, 0.2) is 5.82 Å². The van der Waals surface area contributed by atoms with Crippen LogP contribution in [0.4, 0.5) is 0 Å². The summed E-state index contributed by atoms with van der Waals surface area (Å²) >= 11 is 0. The molecule has 0 unspecified atom stereocenters. The van der Waals surface area contributed by atoms with E-state index in [0.29, 0.717) is 0 Å². The molecule has 1 atom stereocenters. The van der Waals surface area contributed by atoms with Crippen molar-refractivity contribution < 1.29 is 4.74 Å². The van der Waals surface area contributed by atoms with Gasteiger partial charge in [-0.25, -0.2) is 9.97 Å². The van der Waals surface area contributed by atoms with Crippen molar-refractivity contribution in [3.8, 4) is 17.1 Å². The zero-order valence-corrected chi connectivity index (χ0v) is 18.8. The summed E-state index contributed by atoms with van der Waals surface area (Å²) in [4.78, 5) is 9.14. The molecule has 29 heavy (non-hydrogen) atoms. The van der Waals surface area contributed by atoms with E-state index < -0.39 is 0 Å². The first kappa shape index (κ1) is 23.4. The number of aryl methyl sites for hydroxylation is 1. The summed E-state index contributed by atoms with van der Waals surface area (Å²) in [5.74, 6) is 2.50. The smallest absolute Gasteiger partial charge is 0.159 e. The van der Waals surface area contributed by atoms with Gasteiger partial charge in [0, 0.05) is 18.0 Å². The van der Waals surface area contributed by atoms with Crippen molar-refractivity contribution in [3.63, 3.8) is 0 Å². The maximum atomic E-state index is 5.86. The molecule has 160 valence electrons. The Bertz CT molecular complexity index is 651. The average Bonchev–Trinajstić information content (AvgIpc) is 2.77. The molecule has 0 spiro atoms. The van der Waals surface area contributed by atoms with Crippen molar-refractivity contribution in [2.75, 3.05) is 6.61 Å². The van der Waals surface area contributed by atoms with Gasteiger partial charge in [-0.2, -0.15) is 0 Å². The third-order valence-electron chi connectivity index (χ3n) is 5.69. The minimum absolute atomic E-state index is 0.784. The van der Waals surface area contributed by atoms with Gasteiger partial charge in [0.25, 0.3) is 0 Å². The molecule has 1 heterocycles. The van der Waals surface area contributed by atoms with Crippen molar-refractivity contribution >= 4 is 0 Å². The summed E-state index contributed by atoms with van der Waals surface area (Å²) in [5.41, 5.74) is 2.28. The van der Waals surface area contributed by atoms with Gasteiger partial charge in [-0.15, -0.1) is 0 Å². The van der Waals surface area contributed by atoms with Crippen LogP contribution in [0.2, 0.25) is 0 Å². The molecule has 0 aliphatic rings. The summed E-state index contributed by atoms with van der Waals surface area (Å²) in [7, 11) is 0. The first-order valence-electron chi connectivity index (χ1n) is 11.8. The topological polar surface area (TPSA) is 35.0 Å². The first-order valence-corrected chi connectivity index (χ1v) is 11.8. The summed E-state index contributed by atoms with van der Waals surface area (Å²) < 4.78 is 5.86. The number of benzene rings is 1. The van der Waals surface area contributed by atoms with E-state index in [2.05, 4.69) is 42.9 Å². The van der Waals surface area contributed by atoms with Crippen LogP contribution in [0.3, 0.4) is 0 Å². The molecule has 0 saturated carbocycles. The molecule has 0 saturated heterocycles. The Balaban J connectivity index is 1.70. The third kappa shape index (κ3) is 9.43. The Morgan fingerprint density at radius 2 is 1.48 bits per heavy atom. The number of rotatable bonds is 15. The van der Waals surface area contributed by atoms with Crippen molar-refractivity contribution in [2.45, 2.75) is 91.4 Å². The van der Waals surface area contributed by atoms with Crippen molar-refractivity contribution in [2.24, 2.45) is 5.92 Å². The normalized spacial score (nSPS) is 12.1. The molecule has 2 rings (SSSR count). The highest BCUT2D eigenvalue weighted by Gasteiger charge is 2.04. The maximum Gasteiger partial charge on any atom is 0.159 e. The van der Waals surface area contributed by atoms with E-state index in [9.17, 15) is 0 Å². The number of hydrogen-bond acceptors (Lipinski definition) is 3. The predicted molar refractivity (Wildman–Crippen MR) is 123 cm³/mol. The molecule has 0 radical (unpaired) electrons. The van der Waals surface area contributed by atoms with Gasteiger partial charge >= 0.3 is 0 Å². The SMILES string of the molecule is CCCCCCCCCc1cnc(-c2ccc(OCCC[C@@H](C)CC)cc2)nc1. The van der Waals surface area contributed by atoms with Crippen LogP contribution in [0.5, 0.6) is 5.75 Å². The molecule has 0 fully saturated rings. The van der Waals surface area contributed by atoms with E-state index in [1.54, 1.807) is 0 Å². The quantitative estimate of drug-likeness (QED) is 0.290. The zero-order valence-electron chi connectivity index (χ0n) is 18.8. The highest BCUT2D eigenvalue weighted by atomic mass is 16.5. The molecule has 3 nitrogen and oxygen atoms in total. The molecular weight excluding hydrogens is 356 g/mol. The molecule has 0 amide bonds. The van der Waals surface area contributed by atoms with E-state index in [-0.39, 0.29) is 0 Å². The van der Waals surface area contributed by atoms with Crippen LogP contribution in [-0.2, 0) is 6.42 Å². The molecule has 1 aromatic heterocycles. The summed E-state index contributed by atoms with van der Waals surface area (Å²) in [6.07, 6.45) is 18.0. The Morgan fingerprint density at radius 1 is 0.828 bits per heavy atom. The van der Waals surface area contributed by atoms with E-state index in [1.807, 2.05) is 24.5 Å². The second-order valence-corrected chi connectivity index (χ2v) is 8.31. The monoisotopic (exact) mass is 396 g/mol. The second-order valence-electron chi connectivity index (χ2n) is 8.31. The van der Waals surface area contributed by atoms with E-state index in [1.165, 1.54) is 63.4 Å². The fourth-order valence-electron chi connectivity index (χ4n) is 3.45. The van der Waals surface area contributed by atoms with E-state index in [4.69, 9.17) is 4.74 Å². The van der Waals surface area contributed by atoms with Gasteiger partial charge < -0.3 is 4.74 Å². The first-order chi connectivity index (χ1) is 14.2. The highest BCUT2D eigenvalue weighted by molar-refractivity contribution is 5.55. The Labute approximate surface area is 178 Å². The summed E-state index contributed by atoms with van der Waals surface area (Å²) in [5, 5.41) is 0. The van der Waals surface area contributed by atoms with Crippen LogP contribution in [0.15, 0.2) is 36.7 Å². The molecule has 0 aliphatic carbocycles. The van der Waals surface area contributed by atoms with Crippen LogP contribution in [0, 0.1) is 5.92 Å². The average molecular weight is 397 g/mol.